The number of anilines is 3. The topological polar surface area (TPSA) is 88.8 Å². The third kappa shape index (κ3) is 3.53. The van der Waals surface area contributed by atoms with Crippen molar-refractivity contribution in [3.05, 3.63) is 54.2 Å². The highest BCUT2D eigenvalue weighted by molar-refractivity contribution is 5.49. The van der Waals surface area contributed by atoms with Crippen molar-refractivity contribution in [2.75, 3.05) is 10.6 Å². The Hall–Kier alpha value is -2.96. The molecule has 0 aliphatic rings. The van der Waals surface area contributed by atoms with Gasteiger partial charge >= 0.3 is 0 Å². The molecule has 3 heterocycles. The molecular formula is C14H14N6O. The van der Waals surface area contributed by atoms with Crippen molar-refractivity contribution in [2.24, 2.45) is 0 Å². The molecule has 0 amide bonds. The van der Waals surface area contributed by atoms with E-state index >= 15 is 0 Å². The van der Waals surface area contributed by atoms with E-state index < -0.39 is 0 Å². The Kier molecular flexibility index (Phi) is 3.72. The van der Waals surface area contributed by atoms with E-state index in [1.807, 2.05) is 25.1 Å². The number of pyridine rings is 1. The fourth-order valence-electron chi connectivity index (χ4n) is 1.74. The summed E-state index contributed by atoms with van der Waals surface area (Å²) >= 11 is 0. The van der Waals surface area contributed by atoms with Crippen LogP contribution < -0.4 is 10.6 Å². The van der Waals surface area contributed by atoms with Crippen LogP contribution in [0.25, 0.3) is 0 Å². The van der Waals surface area contributed by atoms with Gasteiger partial charge in [0.2, 0.25) is 5.95 Å². The number of rotatable bonds is 5. The van der Waals surface area contributed by atoms with E-state index in [1.54, 1.807) is 24.5 Å². The van der Waals surface area contributed by atoms with Gasteiger partial charge in [0.15, 0.2) is 5.82 Å². The Morgan fingerprint density at radius 1 is 1.10 bits per heavy atom. The summed E-state index contributed by atoms with van der Waals surface area (Å²) in [6.45, 7) is 2.42. The molecule has 0 saturated carbocycles. The summed E-state index contributed by atoms with van der Waals surface area (Å²) in [6, 6.07) is 9.35. The summed E-state index contributed by atoms with van der Waals surface area (Å²) in [5, 5.41) is 10.0. The van der Waals surface area contributed by atoms with Crippen molar-refractivity contribution in [1.82, 2.24) is 20.1 Å². The van der Waals surface area contributed by atoms with Crippen LogP contribution in [0.1, 0.15) is 11.5 Å². The zero-order chi connectivity index (χ0) is 14.5. The second-order valence-electron chi connectivity index (χ2n) is 4.39. The minimum absolute atomic E-state index is 0.453. The van der Waals surface area contributed by atoms with Crippen LogP contribution in [0, 0.1) is 6.92 Å². The molecule has 0 unspecified atom stereocenters. The smallest absolute Gasteiger partial charge is 0.230 e. The van der Waals surface area contributed by atoms with E-state index in [9.17, 15) is 0 Å². The van der Waals surface area contributed by atoms with Gasteiger partial charge < -0.3 is 15.2 Å². The van der Waals surface area contributed by atoms with Crippen molar-refractivity contribution >= 4 is 17.6 Å². The zero-order valence-corrected chi connectivity index (χ0v) is 11.4. The number of aryl methyl sites for hydroxylation is 1. The van der Waals surface area contributed by atoms with Crippen molar-refractivity contribution in [3.8, 4) is 0 Å². The first-order valence-corrected chi connectivity index (χ1v) is 6.47. The third-order valence-corrected chi connectivity index (χ3v) is 2.70. The van der Waals surface area contributed by atoms with Crippen LogP contribution in [0.15, 0.2) is 47.2 Å². The molecule has 0 atom stereocenters. The normalized spacial score (nSPS) is 10.3. The SMILES string of the molecule is Cc1cc(Nc2nccc(NCc3ccccn3)n2)no1. The molecule has 3 aromatic heterocycles. The summed E-state index contributed by atoms with van der Waals surface area (Å²) in [5.41, 5.74) is 0.942. The van der Waals surface area contributed by atoms with Gasteiger partial charge in [-0.3, -0.25) is 4.98 Å². The molecule has 2 N–H and O–H groups in total. The second-order valence-corrected chi connectivity index (χ2v) is 4.39. The number of hydrogen-bond acceptors (Lipinski definition) is 7. The molecule has 0 spiro atoms. The lowest BCUT2D eigenvalue weighted by molar-refractivity contribution is 0.400. The number of aromatic nitrogens is 4. The minimum atomic E-state index is 0.453. The summed E-state index contributed by atoms with van der Waals surface area (Å²) in [7, 11) is 0. The van der Waals surface area contributed by atoms with Gasteiger partial charge in [-0.05, 0) is 25.1 Å². The molecule has 3 aromatic rings. The minimum Gasteiger partial charge on any atom is -0.364 e. The first-order valence-electron chi connectivity index (χ1n) is 6.47. The Labute approximate surface area is 121 Å². The quantitative estimate of drug-likeness (QED) is 0.743. The standard InChI is InChI=1S/C14H14N6O/c1-10-8-13(20-21-10)19-14-16-7-5-12(18-14)17-9-11-4-2-3-6-15-11/h2-8H,9H2,1H3,(H2,16,17,18,19,20). The average Bonchev–Trinajstić information content (AvgIpc) is 2.92. The lowest BCUT2D eigenvalue weighted by atomic mass is 10.3. The predicted octanol–water partition coefficient (Wildman–Crippen LogP) is 2.52. The molecule has 0 aromatic carbocycles. The van der Waals surface area contributed by atoms with Crippen LogP contribution in [0.3, 0.4) is 0 Å². The highest BCUT2D eigenvalue weighted by atomic mass is 16.5. The Morgan fingerprint density at radius 3 is 2.81 bits per heavy atom. The zero-order valence-electron chi connectivity index (χ0n) is 11.4. The monoisotopic (exact) mass is 282 g/mol. The number of nitrogens with one attached hydrogen (secondary N) is 2. The largest absolute Gasteiger partial charge is 0.364 e. The Morgan fingerprint density at radius 2 is 2.05 bits per heavy atom. The molecule has 7 heteroatoms. The van der Waals surface area contributed by atoms with Gasteiger partial charge in [0.25, 0.3) is 0 Å². The maximum atomic E-state index is 4.98. The van der Waals surface area contributed by atoms with Crippen molar-refractivity contribution < 1.29 is 4.52 Å². The molecule has 21 heavy (non-hydrogen) atoms. The van der Waals surface area contributed by atoms with Crippen LogP contribution >= 0.6 is 0 Å². The first kappa shape index (κ1) is 13.0. The van der Waals surface area contributed by atoms with Crippen LogP contribution in [0.5, 0.6) is 0 Å². The van der Waals surface area contributed by atoms with E-state index in [4.69, 9.17) is 4.52 Å². The van der Waals surface area contributed by atoms with Gasteiger partial charge in [-0.1, -0.05) is 11.2 Å². The molecular weight excluding hydrogens is 268 g/mol. The maximum absolute atomic E-state index is 4.98. The van der Waals surface area contributed by atoms with E-state index in [0.717, 1.165) is 11.5 Å². The molecule has 106 valence electrons. The van der Waals surface area contributed by atoms with Crippen molar-refractivity contribution in [3.63, 3.8) is 0 Å². The van der Waals surface area contributed by atoms with Gasteiger partial charge in [0, 0.05) is 18.5 Å². The van der Waals surface area contributed by atoms with Gasteiger partial charge in [-0.15, -0.1) is 0 Å². The van der Waals surface area contributed by atoms with Crippen LogP contribution in [0.4, 0.5) is 17.6 Å². The third-order valence-electron chi connectivity index (χ3n) is 2.70. The number of hydrogen-bond donors (Lipinski definition) is 2. The maximum Gasteiger partial charge on any atom is 0.230 e. The predicted molar refractivity (Wildman–Crippen MR) is 78.1 cm³/mol. The van der Waals surface area contributed by atoms with E-state index in [1.165, 1.54) is 0 Å². The van der Waals surface area contributed by atoms with Crippen LogP contribution in [0.2, 0.25) is 0 Å². The lowest BCUT2D eigenvalue weighted by Crippen LogP contribution is -2.05. The molecule has 3 rings (SSSR count). The van der Waals surface area contributed by atoms with Crippen molar-refractivity contribution in [1.29, 1.82) is 0 Å². The Bertz CT molecular complexity index is 712. The Balaban J connectivity index is 1.65. The fourth-order valence-corrected chi connectivity index (χ4v) is 1.74. The van der Waals surface area contributed by atoms with Gasteiger partial charge in [-0.2, -0.15) is 4.98 Å². The number of nitrogens with zero attached hydrogens (tertiary/aromatic N) is 4. The summed E-state index contributed by atoms with van der Waals surface area (Å²) in [5.74, 6) is 2.46. The first-order chi connectivity index (χ1) is 10.3. The van der Waals surface area contributed by atoms with E-state index in [0.29, 0.717) is 24.1 Å². The van der Waals surface area contributed by atoms with Gasteiger partial charge in [0.1, 0.15) is 11.6 Å². The lowest BCUT2D eigenvalue weighted by Gasteiger charge is -2.06. The van der Waals surface area contributed by atoms with Crippen LogP contribution in [-0.4, -0.2) is 20.1 Å². The highest BCUT2D eigenvalue weighted by Gasteiger charge is 2.04. The van der Waals surface area contributed by atoms with Crippen molar-refractivity contribution in [2.45, 2.75) is 13.5 Å². The molecule has 0 saturated heterocycles. The molecule has 0 aliphatic carbocycles. The highest BCUT2D eigenvalue weighted by Crippen LogP contribution is 2.14. The van der Waals surface area contributed by atoms with E-state index in [-0.39, 0.29) is 0 Å². The molecule has 0 fully saturated rings. The van der Waals surface area contributed by atoms with Gasteiger partial charge in [-0.25, -0.2) is 4.98 Å². The molecule has 7 nitrogen and oxygen atoms in total. The summed E-state index contributed by atoms with van der Waals surface area (Å²) in [4.78, 5) is 12.7. The molecule has 0 aliphatic heterocycles. The summed E-state index contributed by atoms with van der Waals surface area (Å²) < 4.78 is 4.98. The second kappa shape index (κ2) is 6.00. The van der Waals surface area contributed by atoms with Gasteiger partial charge in [0.05, 0.1) is 12.2 Å². The van der Waals surface area contributed by atoms with Crippen LogP contribution in [-0.2, 0) is 6.54 Å². The fraction of sp³-hybridized carbons (Fsp3) is 0.143. The summed E-state index contributed by atoms with van der Waals surface area (Å²) in [6.07, 6.45) is 3.43. The molecule has 0 bridgehead atoms. The molecule has 0 radical (unpaired) electrons. The van der Waals surface area contributed by atoms with E-state index in [2.05, 4.69) is 30.7 Å². The average molecular weight is 282 g/mol.